The first-order valence-electron chi connectivity index (χ1n) is 6.78. The van der Waals surface area contributed by atoms with Crippen LogP contribution in [0, 0.1) is 0 Å². The SMILES string of the molecule is COc1cc(CNC2(CO)CC2)ccc1OC(C)C. The van der Waals surface area contributed by atoms with E-state index in [0.717, 1.165) is 36.4 Å². The molecule has 1 aromatic rings. The van der Waals surface area contributed by atoms with Crippen molar-refractivity contribution in [2.45, 2.75) is 44.9 Å². The Hall–Kier alpha value is -1.26. The van der Waals surface area contributed by atoms with Gasteiger partial charge in [-0.25, -0.2) is 0 Å². The Morgan fingerprint density at radius 2 is 2.05 bits per heavy atom. The summed E-state index contributed by atoms with van der Waals surface area (Å²) in [7, 11) is 1.65. The Labute approximate surface area is 114 Å². The molecular formula is C15H23NO3. The number of rotatable bonds is 7. The number of aliphatic hydroxyl groups is 1. The van der Waals surface area contributed by atoms with Crippen LogP contribution in [0.3, 0.4) is 0 Å². The third kappa shape index (κ3) is 3.61. The van der Waals surface area contributed by atoms with Crippen molar-refractivity contribution in [3.63, 3.8) is 0 Å². The zero-order valence-electron chi connectivity index (χ0n) is 11.9. The molecule has 1 aliphatic carbocycles. The van der Waals surface area contributed by atoms with E-state index in [1.54, 1.807) is 7.11 Å². The van der Waals surface area contributed by atoms with Crippen LogP contribution in [0.5, 0.6) is 11.5 Å². The summed E-state index contributed by atoms with van der Waals surface area (Å²) in [6.07, 6.45) is 2.23. The second-order valence-corrected chi connectivity index (χ2v) is 5.44. The molecule has 4 heteroatoms. The van der Waals surface area contributed by atoms with Crippen molar-refractivity contribution in [2.75, 3.05) is 13.7 Å². The molecule has 4 nitrogen and oxygen atoms in total. The monoisotopic (exact) mass is 265 g/mol. The molecule has 0 heterocycles. The van der Waals surface area contributed by atoms with Gasteiger partial charge in [0.2, 0.25) is 0 Å². The fourth-order valence-electron chi connectivity index (χ4n) is 2.00. The number of ether oxygens (including phenoxy) is 2. The molecule has 19 heavy (non-hydrogen) atoms. The van der Waals surface area contributed by atoms with Gasteiger partial charge < -0.3 is 19.9 Å². The average Bonchev–Trinajstić information content (AvgIpc) is 3.17. The summed E-state index contributed by atoms with van der Waals surface area (Å²) in [5, 5.41) is 12.7. The van der Waals surface area contributed by atoms with Crippen LogP contribution < -0.4 is 14.8 Å². The summed E-state index contributed by atoms with van der Waals surface area (Å²) < 4.78 is 11.0. The van der Waals surface area contributed by atoms with Crippen LogP contribution in [0.1, 0.15) is 32.3 Å². The quantitative estimate of drug-likeness (QED) is 0.792. The normalized spacial score (nSPS) is 16.5. The van der Waals surface area contributed by atoms with Crippen molar-refractivity contribution in [3.8, 4) is 11.5 Å². The summed E-state index contributed by atoms with van der Waals surface area (Å²) in [5.41, 5.74) is 1.09. The maximum atomic E-state index is 9.27. The first-order valence-corrected chi connectivity index (χ1v) is 6.78. The van der Waals surface area contributed by atoms with Gasteiger partial charge in [0, 0.05) is 12.1 Å². The van der Waals surface area contributed by atoms with E-state index in [9.17, 15) is 5.11 Å². The lowest BCUT2D eigenvalue weighted by Crippen LogP contribution is -2.34. The molecule has 0 amide bonds. The Bertz CT molecular complexity index is 427. The number of hydrogen-bond donors (Lipinski definition) is 2. The van der Waals surface area contributed by atoms with E-state index in [0.29, 0.717) is 0 Å². The Morgan fingerprint density at radius 3 is 2.58 bits per heavy atom. The average molecular weight is 265 g/mol. The third-order valence-corrected chi connectivity index (χ3v) is 3.41. The van der Waals surface area contributed by atoms with Gasteiger partial charge in [0.05, 0.1) is 19.8 Å². The lowest BCUT2D eigenvalue weighted by atomic mass is 10.1. The molecule has 1 aromatic carbocycles. The highest BCUT2D eigenvalue weighted by atomic mass is 16.5. The van der Waals surface area contributed by atoms with E-state index in [1.165, 1.54) is 0 Å². The van der Waals surface area contributed by atoms with Gasteiger partial charge in [0.25, 0.3) is 0 Å². The van der Waals surface area contributed by atoms with E-state index in [1.807, 2.05) is 32.0 Å². The molecule has 1 aliphatic rings. The maximum absolute atomic E-state index is 9.27. The highest BCUT2D eigenvalue weighted by Crippen LogP contribution is 2.35. The van der Waals surface area contributed by atoms with Crippen LogP contribution in [0.25, 0.3) is 0 Å². The molecule has 2 N–H and O–H groups in total. The minimum atomic E-state index is -0.0413. The molecule has 0 atom stereocenters. The third-order valence-electron chi connectivity index (χ3n) is 3.41. The smallest absolute Gasteiger partial charge is 0.161 e. The highest BCUT2D eigenvalue weighted by molar-refractivity contribution is 5.43. The van der Waals surface area contributed by atoms with E-state index in [4.69, 9.17) is 9.47 Å². The molecule has 0 saturated heterocycles. The molecule has 0 aromatic heterocycles. The van der Waals surface area contributed by atoms with Crippen LogP contribution >= 0.6 is 0 Å². The van der Waals surface area contributed by atoms with Crippen LogP contribution in [-0.4, -0.2) is 30.5 Å². The van der Waals surface area contributed by atoms with Crippen molar-refractivity contribution >= 4 is 0 Å². The first kappa shape index (κ1) is 14.2. The summed E-state index contributed by atoms with van der Waals surface area (Å²) in [5.74, 6) is 1.52. The molecule has 0 spiro atoms. The fraction of sp³-hybridized carbons (Fsp3) is 0.600. The summed E-state index contributed by atoms with van der Waals surface area (Å²) >= 11 is 0. The molecule has 2 rings (SSSR count). The minimum Gasteiger partial charge on any atom is -0.493 e. The van der Waals surface area contributed by atoms with E-state index < -0.39 is 0 Å². The second kappa shape index (κ2) is 5.80. The van der Waals surface area contributed by atoms with E-state index >= 15 is 0 Å². The lowest BCUT2D eigenvalue weighted by molar-refractivity contribution is 0.227. The topological polar surface area (TPSA) is 50.7 Å². The van der Waals surface area contributed by atoms with E-state index in [2.05, 4.69) is 5.32 Å². The second-order valence-electron chi connectivity index (χ2n) is 5.44. The van der Waals surface area contributed by atoms with Crippen LogP contribution in [0.4, 0.5) is 0 Å². The molecule has 106 valence electrons. The van der Waals surface area contributed by atoms with Crippen molar-refractivity contribution in [1.82, 2.24) is 5.32 Å². The van der Waals surface area contributed by atoms with Gasteiger partial charge in [-0.3, -0.25) is 0 Å². The van der Waals surface area contributed by atoms with Crippen LogP contribution in [0.15, 0.2) is 18.2 Å². The van der Waals surface area contributed by atoms with Gasteiger partial charge in [0.15, 0.2) is 11.5 Å². The van der Waals surface area contributed by atoms with Gasteiger partial charge in [-0.05, 0) is 44.4 Å². The Balaban J connectivity index is 2.02. The van der Waals surface area contributed by atoms with Gasteiger partial charge in [-0.1, -0.05) is 6.07 Å². The number of aliphatic hydroxyl groups excluding tert-OH is 1. The van der Waals surface area contributed by atoms with Gasteiger partial charge in [-0.15, -0.1) is 0 Å². The van der Waals surface area contributed by atoms with E-state index in [-0.39, 0.29) is 18.2 Å². The zero-order chi connectivity index (χ0) is 13.9. The summed E-state index contributed by atoms with van der Waals surface area (Å²) in [6, 6.07) is 5.95. The zero-order valence-corrected chi connectivity index (χ0v) is 11.9. The number of benzene rings is 1. The van der Waals surface area contributed by atoms with Crippen LogP contribution in [-0.2, 0) is 6.54 Å². The summed E-state index contributed by atoms with van der Waals surface area (Å²) in [6.45, 7) is 4.93. The first-order chi connectivity index (χ1) is 9.08. The minimum absolute atomic E-state index is 0.0413. The van der Waals surface area contributed by atoms with Crippen molar-refractivity contribution in [2.24, 2.45) is 0 Å². The molecule has 1 saturated carbocycles. The lowest BCUT2D eigenvalue weighted by Gasteiger charge is -2.17. The predicted molar refractivity (Wildman–Crippen MR) is 74.6 cm³/mol. The number of nitrogens with one attached hydrogen (secondary N) is 1. The largest absolute Gasteiger partial charge is 0.493 e. The molecule has 0 radical (unpaired) electrons. The summed E-state index contributed by atoms with van der Waals surface area (Å²) in [4.78, 5) is 0. The molecule has 0 unspecified atom stereocenters. The Kier molecular flexibility index (Phi) is 4.32. The molecule has 1 fully saturated rings. The van der Waals surface area contributed by atoms with Crippen molar-refractivity contribution in [1.29, 1.82) is 0 Å². The maximum Gasteiger partial charge on any atom is 0.161 e. The number of methoxy groups -OCH3 is 1. The Morgan fingerprint density at radius 1 is 1.32 bits per heavy atom. The van der Waals surface area contributed by atoms with Gasteiger partial charge in [-0.2, -0.15) is 0 Å². The van der Waals surface area contributed by atoms with Gasteiger partial charge >= 0.3 is 0 Å². The van der Waals surface area contributed by atoms with Crippen molar-refractivity contribution in [3.05, 3.63) is 23.8 Å². The highest BCUT2D eigenvalue weighted by Gasteiger charge is 2.41. The predicted octanol–water partition coefficient (Wildman–Crippen LogP) is 2.10. The van der Waals surface area contributed by atoms with Crippen molar-refractivity contribution < 1.29 is 14.6 Å². The standard InChI is InChI=1S/C15H23NO3/c1-11(2)19-13-5-4-12(8-14(13)18-3)9-16-15(10-17)6-7-15/h4-5,8,11,16-17H,6-7,9-10H2,1-3H3. The van der Waals surface area contributed by atoms with Crippen LogP contribution in [0.2, 0.25) is 0 Å². The molecule has 0 aliphatic heterocycles. The molecule has 0 bridgehead atoms. The fourth-order valence-corrected chi connectivity index (χ4v) is 2.00. The molecular weight excluding hydrogens is 242 g/mol. The number of hydrogen-bond acceptors (Lipinski definition) is 4. The van der Waals surface area contributed by atoms with Gasteiger partial charge in [0.1, 0.15) is 0 Å².